The minimum absolute atomic E-state index is 0.0929. The fourth-order valence-corrected chi connectivity index (χ4v) is 4.59. The molecule has 3 N–H and O–H groups in total. The smallest absolute Gasteiger partial charge is 0.245 e. The van der Waals surface area contributed by atoms with E-state index < -0.39 is 21.4 Å². The van der Waals surface area contributed by atoms with Crippen molar-refractivity contribution in [3.8, 4) is 0 Å². The van der Waals surface area contributed by atoms with E-state index in [1.165, 1.54) is 22.5 Å². The lowest BCUT2D eigenvalue weighted by atomic mass is 9.93. The molecule has 1 amide bonds. The third-order valence-corrected chi connectivity index (χ3v) is 7.23. The highest BCUT2D eigenvalue weighted by Gasteiger charge is 2.33. The van der Waals surface area contributed by atoms with Gasteiger partial charge < -0.3 is 11.1 Å². The molecule has 1 fully saturated rings. The van der Waals surface area contributed by atoms with E-state index in [9.17, 15) is 17.6 Å². The normalized spacial score (nSPS) is 17.2. The predicted octanol–water partition coefficient (Wildman–Crippen LogP) is 1.86. The zero-order valence-corrected chi connectivity index (χ0v) is 16.2. The lowest BCUT2D eigenvalue weighted by Gasteiger charge is -2.32. The van der Waals surface area contributed by atoms with Crippen molar-refractivity contribution in [3.63, 3.8) is 0 Å². The highest BCUT2D eigenvalue weighted by atomic mass is 32.2. The molecule has 1 saturated heterocycles. The summed E-state index contributed by atoms with van der Waals surface area (Å²) >= 11 is 0. The molecule has 0 aromatic heterocycles. The maximum atomic E-state index is 13.8. The summed E-state index contributed by atoms with van der Waals surface area (Å²) in [5.74, 6) is -1.10. The summed E-state index contributed by atoms with van der Waals surface area (Å²) in [5.41, 5.74) is 5.78. The van der Waals surface area contributed by atoms with Crippen LogP contribution in [0.3, 0.4) is 0 Å². The van der Waals surface area contributed by atoms with Crippen LogP contribution in [0.5, 0.6) is 0 Å². The Bertz CT molecular complexity index is 727. The first-order valence-corrected chi connectivity index (χ1v) is 10.5. The van der Waals surface area contributed by atoms with Crippen molar-refractivity contribution in [2.75, 3.05) is 19.6 Å². The number of sulfonamides is 1. The van der Waals surface area contributed by atoms with Crippen molar-refractivity contribution in [2.45, 2.75) is 50.0 Å². The van der Waals surface area contributed by atoms with E-state index in [0.717, 1.165) is 18.9 Å². The largest absolute Gasteiger partial charge is 0.354 e. The summed E-state index contributed by atoms with van der Waals surface area (Å²) in [4.78, 5) is 12.0. The van der Waals surface area contributed by atoms with Crippen LogP contribution in [0.4, 0.5) is 4.39 Å². The summed E-state index contributed by atoms with van der Waals surface area (Å²) in [6.07, 6.45) is 2.36. The lowest BCUT2D eigenvalue weighted by Crippen LogP contribution is -2.51. The number of carbonyl (C=O) groups is 1. The van der Waals surface area contributed by atoms with Crippen molar-refractivity contribution in [3.05, 3.63) is 30.1 Å². The Labute approximate surface area is 155 Å². The Hall–Kier alpha value is -1.51. The van der Waals surface area contributed by atoms with Gasteiger partial charge in [-0.1, -0.05) is 26.0 Å². The van der Waals surface area contributed by atoms with Crippen LogP contribution in [0, 0.1) is 11.7 Å². The zero-order chi connectivity index (χ0) is 19.4. The van der Waals surface area contributed by atoms with Crippen molar-refractivity contribution >= 4 is 15.9 Å². The predicted molar refractivity (Wildman–Crippen MR) is 98.4 cm³/mol. The van der Waals surface area contributed by atoms with E-state index in [1.54, 1.807) is 0 Å². The van der Waals surface area contributed by atoms with E-state index in [-0.39, 0.29) is 29.8 Å². The number of carbonyl (C=O) groups excluding carboxylic acids is 1. The van der Waals surface area contributed by atoms with Gasteiger partial charge >= 0.3 is 0 Å². The second-order valence-electron chi connectivity index (χ2n) is 6.90. The highest BCUT2D eigenvalue weighted by Crippen LogP contribution is 2.25. The molecule has 1 heterocycles. The number of hydrogen-bond acceptors (Lipinski definition) is 4. The van der Waals surface area contributed by atoms with Crippen molar-refractivity contribution < 1.29 is 17.6 Å². The first-order chi connectivity index (χ1) is 12.2. The maximum Gasteiger partial charge on any atom is 0.245 e. The summed E-state index contributed by atoms with van der Waals surface area (Å²) in [6.45, 7) is 4.78. The Morgan fingerprint density at radius 3 is 2.38 bits per heavy atom. The SMILES string of the molecule is CCC(N)(CC)CNC(=O)C1CCN(S(=O)(=O)c2ccccc2F)CC1. The van der Waals surface area contributed by atoms with Crippen LogP contribution in [0.25, 0.3) is 0 Å². The molecule has 0 radical (unpaired) electrons. The van der Waals surface area contributed by atoms with Gasteiger partial charge in [-0.05, 0) is 37.8 Å². The van der Waals surface area contributed by atoms with Crippen LogP contribution in [0.2, 0.25) is 0 Å². The van der Waals surface area contributed by atoms with Gasteiger partial charge in [0.2, 0.25) is 15.9 Å². The maximum absolute atomic E-state index is 13.8. The molecule has 1 aliphatic rings. The number of amides is 1. The van der Waals surface area contributed by atoms with Crippen LogP contribution < -0.4 is 11.1 Å². The molecule has 146 valence electrons. The molecule has 1 aromatic rings. The number of rotatable bonds is 7. The topological polar surface area (TPSA) is 92.5 Å². The van der Waals surface area contributed by atoms with Gasteiger partial charge in [-0.25, -0.2) is 12.8 Å². The van der Waals surface area contributed by atoms with E-state index in [0.29, 0.717) is 19.4 Å². The Kier molecular flexibility index (Phi) is 6.76. The third kappa shape index (κ3) is 4.61. The molecule has 0 bridgehead atoms. The Morgan fingerprint density at radius 1 is 1.27 bits per heavy atom. The summed E-state index contributed by atoms with van der Waals surface area (Å²) in [7, 11) is -3.88. The molecule has 1 aromatic carbocycles. The van der Waals surface area contributed by atoms with Gasteiger partial charge in [0, 0.05) is 31.1 Å². The van der Waals surface area contributed by atoms with Crippen molar-refractivity contribution in [1.82, 2.24) is 9.62 Å². The van der Waals surface area contributed by atoms with Gasteiger partial charge in [-0.2, -0.15) is 4.31 Å². The number of nitrogens with two attached hydrogens (primary N) is 1. The van der Waals surface area contributed by atoms with Gasteiger partial charge in [0.1, 0.15) is 10.7 Å². The molecule has 0 atom stereocenters. The molecule has 6 nitrogen and oxygen atoms in total. The minimum Gasteiger partial charge on any atom is -0.354 e. The summed E-state index contributed by atoms with van der Waals surface area (Å²) in [5, 5.41) is 2.90. The first kappa shape index (κ1) is 20.8. The van der Waals surface area contributed by atoms with Crippen LogP contribution in [-0.4, -0.2) is 43.8 Å². The van der Waals surface area contributed by atoms with Crippen LogP contribution >= 0.6 is 0 Å². The van der Waals surface area contributed by atoms with Crippen LogP contribution in [0.1, 0.15) is 39.5 Å². The van der Waals surface area contributed by atoms with Gasteiger partial charge in [0.15, 0.2) is 0 Å². The average molecular weight is 386 g/mol. The molecular weight excluding hydrogens is 357 g/mol. The molecule has 0 spiro atoms. The number of piperidine rings is 1. The quantitative estimate of drug-likeness (QED) is 0.749. The molecule has 1 aliphatic heterocycles. The number of nitrogens with one attached hydrogen (secondary N) is 1. The van der Waals surface area contributed by atoms with E-state index >= 15 is 0 Å². The standard InChI is InChI=1S/C18H28FN3O3S/c1-3-18(20,4-2)13-21-17(23)14-9-11-22(12-10-14)26(24,25)16-8-6-5-7-15(16)19/h5-8,14H,3-4,9-13,20H2,1-2H3,(H,21,23). The van der Waals surface area contributed by atoms with Crippen molar-refractivity contribution in [1.29, 1.82) is 0 Å². The Balaban J connectivity index is 1.95. The monoisotopic (exact) mass is 385 g/mol. The molecule has 8 heteroatoms. The Morgan fingerprint density at radius 2 is 1.85 bits per heavy atom. The van der Waals surface area contributed by atoms with E-state index in [2.05, 4.69) is 5.32 Å². The zero-order valence-electron chi connectivity index (χ0n) is 15.4. The number of halogens is 1. The van der Waals surface area contributed by atoms with Gasteiger partial charge in [0.25, 0.3) is 0 Å². The molecule has 26 heavy (non-hydrogen) atoms. The van der Waals surface area contributed by atoms with Gasteiger partial charge in [-0.3, -0.25) is 4.79 Å². The van der Waals surface area contributed by atoms with Crippen molar-refractivity contribution in [2.24, 2.45) is 11.7 Å². The van der Waals surface area contributed by atoms with Crippen LogP contribution in [0.15, 0.2) is 29.2 Å². The second-order valence-corrected chi connectivity index (χ2v) is 8.80. The molecule has 2 rings (SSSR count). The minimum atomic E-state index is -3.88. The fourth-order valence-electron chi connectivity index (χ4n) is 3.06. The van der Waals surface area contributed by atoms with E-state index in [1.807, 2.05) is 13.8 Å². The average Bonchev–Trinajstić information content (AvgIpc) is 2.66. The first-order valence-electron chi connectivity index (χ1n) is 9.05. The number of hydrogen-bond donors (Lipinski definition) is 2. The van der Waals surface area contributed by atoms with Gasteiger partial charge in [-0.15, -0.1) is 0 Å². The summed E-state index contributed by atoms with van der Waals surface area (Å²) < 4.78 is 40.3. The van der Waals surface area contributed by atoms with E-state index in [4.69, 9.17) is 5.73 Å². The van der Waals surface area contributed by atoms with Gasteiger partial charge in [0.05, 0.1) is 0 Å². The summed E-state index contributed by atoms with van der Waals surface area (Å²) in [6, 6.07) is 5.35. The fraction of sp³-hybridized carbons (Fsp3) is 0.611. The number of benzene rings is 1. The molecule has 0 saturated carbocycles. The molecular formula is C18H28FN3O3S. The molecule has 0 aliphatic carbocycles. The molecule has 0 unspecified atom stereocenters. The second kappa shape index (κ2) is 8.45. The highest BCUT2D eigenvalue weighted by molar-refractivity contribution is 7.89. The lowest BCUT2D eigenvalue weighted by molar-refractivity contribution is -0.126. The number of nitrogens with zero attached hydrogens (tertiary/aromatic N) is 1. The third-order valence-electron chi connectivity index (χ3n) is 5.30. The van der Waals surface area contributed by atoms with Crippen LogP contribution in [-0.2, 0) is 14.8 Å².